The third-order valence-corrected chi connectivity index (χ3v) is 5.49. The smallest absolute Gasteiger partial charge is 0.250 e. The zero-order chi connectivity index (χ0) is 14.8. The second-order valence-corrected chi connectivity index (χ2v) is 6.94. The predicted octanol–water partition coefficient (Wildman–Crippen LogP) is 1.96. The van der Waals surface area contributed by atoms with Crippen molar-refractivity contribution in [3.8, 4) is 0 Å². The van der Waals surface area contributed by atoms with Crippen molar-refractivity contribution < 1.29 is 17.2 Å². The second-order valence-electron chi connectivity index (χ2n) is 4.04. The van der Waals surface area contributed by atoms with E-state index in [4.69, 9.17) is 5.73 Å². The van der Waals surface area contributed by atoms with Gasteiger partial charge in [0.1, 0.15) is 15.8 Å². The van der Waals surface area contributed by atoms with Gasteiger partial charge in [-0.2, -0.15) is 0 Å². The van der Waals surface area contributed by atoms with Crippen LogP contribution in [0.2, 0.25) is 0 Å². The average molecular weight is 318 g/mol. The number of nitrogens with one attached hydrogen (secondary N) is 1. The fourth-order valence-electron chi connectivity index (χ4n) is 1.51. The largest absolute Gasteiger partial charge is 0.326 e. The lowest BCUT2D eigenvalue weighted by atomic mass is 10.2. The number of hydrogen-bond acceptors (Lipinski definition) is 4. The van der Waals surface area contributed by atoms with Crippen LogP contribution in [0.25, 0.3) is 0 Å². The van der Waals surface area contributed by atoms with Gasteiger partial charge in [0.15, 0.2) is 0 Å². The lowest BCUT2D eigenvalue weighted by molar-refractivity contribution is 0.563. The van der Waals surface area contributed by atoms with E-state index >= 15 is 0 Å². The van der Waals surface area contributed by atoms with Crippen molar-refractivity contribution in [2.24, 2.45) is 5.73 Å². The van der Waals surface area contributed by atoms with Crippen molar-refractivity contribution in [1.29, 1.82) is 0 Å². The van der Waals surface area contributed by atoms with Crippen molar-refractivity contribution in [1.82, 2.24) is 4.72 Å². The monoisotopic (exact) mass is 318 g/mol. The molecule has 0 aliphatic carbocycles. The van der Waals surface area contributed by atoms with E-state index in [0.29, 0.717) is 11.6 Å². The van der Waals surface area contributed by atoms with Gasteiger partial charge in [0.2, 0.25) is 10.0 Å². The maximum absolute atomic E-state index is 13.4. The second kappa shape index (κ2) is 5.96. The Hall–Kier alpha value is -1.35. The third-order valence-electron chi connectivity index (χ3n) is 2.60. The zero-order valence-electron chi connectivity index (χ0n) is 10.3. The zero-order valence-corrected chi connectivity index (χ0v) is 11.9. The molecule has 0 radical (unpaired) electrons. The summed E-state index contributed by atoms with van der Waals surface area (Å²) in [5.41, 5.74) is 6.20. The first-order valence-corrected chi connectivity index (χ1v) is 8.00. The molecule has 3 N–H and O–H groups in total. The third kappa shape index (κ3) is 3.40. The molecule has 0 amide bonds. The standard InChI is InChI=1S/C12H12F2N2O2S2/c13-10-2-1-9(11(14)4-10)6-16-20(17,18)12-3-8(5-15)7-19-12/h1-4,7,16H,5-6,15H2. The Balaban J connectivity index is 2.13. The molecule has 1 aromatic heterocycles. The van der Waals surface area contributed by atoms with Gasteiger partial charge in [0.05, 0.1) is 0 Å². The van der Waals surface area contributed by atoms with Crippen LogP contribution in [-0.4, -0.2) is 8.42 Å². The van der Waals surface area contributed by atoms with Crippen molar-refractivity contribution in [2.45, 2.75) is 17.3 Å². The summed E-state index contributed by atoms with van der Waals surface area (Å²) < 4.78 is 52.5. The van der Waals surface area contributed by atoms with Gasteiger partial charge >= 0.3 is 0 Å². The molecule has 1 aromatic carbocycles. The lowest BCUT2D eigenvalue weighted by Gasteiger charge is -2.06. The molecule has 4 nitrogen and oxygen atoms in total. The van der Waals surface area contributed by atoms with E-state index in [1.165, 1.54) is 12.1 Å². The number of halogens is 2. The molecule has 0 aliphatic rings. The molecule has 0 aliphatic heterocycles. The van der Waals surface area contributed by atoms with E-state index in [1.54, 1.807) is 5.38 Å². The van der Waals surface area contributed by atoms with Crippen LogP contribution in [0.4, 0.5) is 8.78 Å². The summed E-state index contributed by atoms with van der Waals surface area (Å²) in [5.74, 6) is -1.50. The van der Waals surface area contributed by atoms with Crippen molar-refractivity contribution in [3.63, 3.8) is 0 Å². The van der Waals surface area contributed by atoms with Gasteiger partial charge in [-0.05, 0) is 23.1 Å². The molecule has 0 saturated heterocycles. The maximum Gasteiger partial charge on any atom is 0.250 e. The van der Waals surface area contributed by atoms with Crippen molar-refractivity contribution >= 4 is 21.4 Å². The molecule has 0 spiro atoms. The minimum absolute atomic E-state index is 0.0746. The Kier molecular flexibility index (Phi) is 4.48. The number of sulfonamides is 1. The van der Waals surface area contributed by atoms with E-state index in [9.17, 15) is 17.2 Å². The first-order chi connectivity index (χ1) is 9.42. The van der Waals surface area contributed by atoms with Crippen LogP contribution in [0.5, 0.6) is 0 Å². The van der Waals surface area contributed by atoms with Crippen LogP contribution in [-0.2, 0) is 23.1 Å². The SMILES string of the molecule is NCc1csc(S(=O)(=O)NCc2ccc(F)cc2F)c1. The Morgan fingerprint density at radius 1 is 1.25 bits per heavy atom. The first kappa shape index (κ1) is 15.0. The van der Waals surface area contributed by atoms with Crippen molar-refractivity contribution in [3.05, 3.63) is 52.4 Å². The van der Waals surface area contributed by atoms with E-state index in [0.717, 1.165) is 17.4 Å². The molecule has 20 heavy (non-hydrogen) atoms. The van der Waals surface area contributed by atoms with Crippen LogP contribution in [0.15, 0.2) is 33.9 Å². The van der Waals surface area contributed by atoms with E-state index < -0.39 is 21.7 Å². The summed E-state index contributed by atoms with van der Waals surface area (Å²) in [7, 11) is -3.72. The average Bonchev–Trinajstić information content (AvgIpc) is 2.87. The van der Waals surface area contributed by atoms with Gasteiger partial charge < -0.3 is 5.73 Å². The molecular weight excluding hydrogens is 306 g/mol. The summed E-state index contributed by atoms with van der Waals surface area (Å²) in [6, 6.07) is 4.45. The molecule has 0 bridgehead atoms. The van der Waals surface area contributed by atoms with Crippen LogP contribution in [0, 0.1) is 11.6 Å². The van der Waals surface area contributed by atoms with Gasteiger partial charge in [0, 0.05) is 24.7 Å². The van der Waals surface area contributed by atoms with E-state index in [1.807, 2.05) is 0 Å². The van der Waals surface area contributed by atoms with E-state index in [-0.39, 0.29) is 22.9 Å². The predicted molar refractivity (Wildman–Crippen MR) is 72.6 cm³/mol. The van der Waals surface area contributed by atoms with E-state index in [2.05, 4.69) is 4.72 Å². The van der Waals surface area contributed by atoms with Gasteiger partial charge in [-0.15, -0.1) is 11.3 Å². The minimum Gasteiger partial charge on any atom is -0.326 e. The summed E-state index contributed by atoms with van der Waals surface area (Å²) >= 11 is 1.04. The lowest BCUT2D eigenvalue weighted by Crippen LogP contribution is -2.23. The Morgan fingerprint density at radius 3 is 2.60 bits per heavy atom. The number of rotatable bonds is 5. The fraction of sp³-hybridized carbons (Fsp3) is 0.167. The topological polar surface area (TPSA) is 72.2 Å². The molecule has 0 saturated carbocycles. The first-order valence-electron chi connectivity index (χ1n) is 5.63. The quantitative estimate of drug-likeness (QED) is 0.885. The maximum atomic E-state index is 13.4. The minimum atomic E-state index is -3.72. The highest BCUT2D eigenvalue weighted by atomic mass is 32.2. The molecule has 108 valence electrons. The number of hydrogen-bond donors (Lipinski definition) is 2. The highest BCUT2D eigenvalue weighted by Crippen LogP contribution is 2.20. The van der Waals surface area contributed by atoms with Gasteiger partial charge in [-0.1, -0.05) is 6.07 Å². The fourth-order valence-corrected chi connectivity index (χ4v) is 3.78. The molecule has 2 rings (SSSR count). The molecular formula is C12H12F2N2O2S2. The highest BCUT2D eigenvalue weighted by Gasteiger charge is 2.17. The molecule has 0 fully saturated rings. The summed E-state index contributed by atoms with van der Waals surface area (Å²) in [4.78, 5) is 0. The molecule has 8 heteroatoms. The normalized spacial score (nSPS) is 11.8. The van der Waals surface area contributed by atoms with Crippen LogP contribution in [0.3, 0.4) is 0 Å². The van der Waals surface area contributed by atoms with Gasteiger partial charge in [-0.25, -0.2) is 21.9 Å². The Bertz CT molecular complexity index is 714. The van der Waals surface area contributed by atoms with Crippen molar-refractivity contribution in [2.75, 3.05) is 0 Å². The molecule has 1 heterocycles. The summed E-state index contributed by atoms with van der Waals surface area (Å²) in [6.45, 7) is 0.00289. The molecule has 0 atom stereocenters. The van der Waals surface area contributed by atoms with Crippen LogP contribution < -0.4 is 10.5 Å². The molecule has 0 unspecified atom stereocenters. The number of nitrogens with two attached hydrogens (primary N) is 1. The summed E-state index contributed by atoms with van der Waals surface area (Å²) in [6.07, 6.45) is 0. The van der Waals surface area contributed by atoms with Gasteiger partial charge in [-0.3, -0.25) is 0 Å². The highest BCUT2D eigenvalue weighted by molar-refractivity contribution is 7.91. The number of thiophene rings is 1. The van der Waals surface area contributed by atoms with Crippen LogP contribution >= 0.6 is 11.3 Å². The van der Waals surface area contributed by atoms with Gasteiger partial charge in [0.25, 0.3) is 0 Å². The number of benzene rings is 1. The Morgan fingerprint density at radius 2 is 2.00 bits per heavy atom. The Labute approximate surface area is 119 Å². The van der Waals surface area contributed by atoms with Crippen LogP contribution in [0.1, 0.15) is 11.1 Å². The molecule has 2 aromatic rings. The summed E-state index contributed by atoms with van der Waals surface area (Å²) in [5, 5.41) is 1.65.